The quantitative estimate of drug-likeness (QED) is 0.778. The highest BCUT2D eigenvalue weighted by atomic mass is 35.5. The molecule has 0 aromatic heterocycles. The Morgan fingerprint density at radius 1 is 1.29 bits per heavy atom. The van der Waals surface area contributed by atoms with E-state index in [1.165, 1.54) is 12.1 Å². The number of hydrogen-bond donors (Lipinski definition) is 1. The number of hydrogen-bond acceptors (Lipinski definition) is 1. The number of nitrogens with two attached hydrogens (primary N) is 1. The van der Waals surface area contributed by atoms with E-state index in [0.29, 0.717) is 12.0 Å². The normalized spacial score (nSPS) is 11.6. The van der Waals surface area contributed by atoms with Crippen LogP contribution in [0.3, 0.4) is 0 Å². The fraction of sp³-hybridized carbons (Fsp3) is 0.200. The van der Waals surface area contributed by atoms with Crippen molar-refractivity contribution >= 4 is 12.4 Å². The van der Waals surface area contributed by atoms with E-state index in [4.69, 9.17) is 5.73 Å². The third kappa shape index (κ3) is 3.44. The highest BCUT2D eigenvalue weighted by Gasteiger charge is 2.06. The van der Waals surface area contributed by atoms with Crippen LogP contribution < -0.4 is 5.73 Å². The Balaban J connectivity index is 0.00000169. The highest BCUT2D eigenvalue weighted by Crippen LogP contribution is 2.16. The van der Waals surface area contributed by atoms with Gasteiger partial charge in [0.25, 0.3) is 0 Å². The first kappa shape index (κ1) is 13.1. The molecule has 0 heterocycles. The van der Waals surface area contributed by atoms with Gasteiger partial charge in [0.1, 0.15) is 11.6 Å². The second-order valence-electron chi connectivity index (χ2n) is 2.83. The van der Waals surface area contributed by atoms with Crippen molar-refractivity contribution in [2.45, 2.75) is 12.5 Å². The molecule has 4 heteroatoms. The number of halogens is 3. The van der Waals surface area contributed by atoms with Crippen LogP contribution in [-0.4, -0.2) is 0 Å². The third-order valence-electron chi connectivity index (χ3n) is 1.73. The van der Waals surface area contributed by atoms with Gasteiger partial charge in [-0.3, -0.25) is 0 Å². The molecule has 0 radical (unpaired) electrons. The molecule has 0 aliphatic carbocycles. The van der Waals surface area contributed by atoms with Gasteiger partial charge in [0.05, 0.1) is 0 Å². The monoisotopic (exact) mass is 219 g/mol. The Labute approximate surface area is 88.0 Å². The van der Waals surface area contributed by atoms with E-state index in [2.05, 4.69) is 6.58 Å². The molecule has 14 heavy (non-hydrogen) atoms. The van der Waals surface area contributed by atoms with Gasteiger partial charge >= 0.3 is 0 Å². The fourth-order valence-corrected chi connectivity index (χ4v) is 1.10. The largest absolute Gasteiger partial charge is 0.324 e. The minimum absolute atomic E-state index is 0. The average molecular weight is 220 g/mol. The van der Waals surface area contributed by atoms with Crippen molar-refractivity contribution in [3.05, 3.63) is 48.1 Å². The molecule has 1 rings (SSSR count). The van der Waals surface area contributed by atoms with E-state index in [1.807, 2.05) is 0 Å². The first-order chi connectivity index (χ1) is 6.13. The van der Waals surface area contributed by atoms with Gasteiger partial charge in [0, 0.05) is 12.1 Å². The molecule has 78 valence electrons. The van der Waals surface area contributed by atoms with Crippen molar-refractivity contribution in [2.75, 3.05) is 0 Å². The van der Waals surface area contributed by atoms with Gasteiger partial charge in [-0.25, -0.2) is 8.78 Å². The summed E-state index contributed by atoms with van der Waals surface area (Å²) in [6.45, 7) is 3.50. The molecule has 1 nitrogen and oxygen atoms in total. The number of benzene rings is 1. The molecule has 0 saturated heterocycles. The lowest BCUT2D eigenvalue weighted by molar-refractivity contribution is 0.573. The first-order valence-electron chi connectivity index (χ1n) is 3.96. The molecule has 1 atom stereocenters. The van der Waals surface area contributed by atoms with Crippen LogP contribution in [-0.2, 0) is 0 Å². The van der Waals surface area contributed by atoms with E-state index in [9.17, 15) is 8.78 Å². The zero-order valence-corrected chi connectivity index (χ0v) is 8.36. The van der Waals surface area contributed by atoms with Gasteiger partial charge in [-0.1, -0.05) is 6.08 Å². The zero-order valence-electron chi connectivity index (χ0n) is 7.54. The topological polar surface area (TPSA) is 26.0 Å². The minimum atomic E-state index is -0.602. The molecule has 0 saturated carbocycles. The summed E-state index contributed by atoms with van der Waals surface area (Å²) in [5, 5.41) is 0. The Morgan fingerprint density at radius 3 is 2.21 bits per heavy atom. The SMILES string of the molecule is C=CC[C@H](N)c1cc(F)cc(F)c1.Cl. The Bertz CT molecular complexity index is 295. The van der Waals surface area contributed by atoms with Gasteiger partial charge in [-0.2, -0.15) is 0 Å². The highest BCUT2D eigenvalue weighted by molar-refractivity contribution is 5.85. The molecule has 2 N–H and O–H groups in total. The molecule has 0 spiro atoms. The Hall–Kier alpha value is -0.930. The van der Waals surface area contributed by atoms with Crippen molar-refractivity contribution in [1.29, 1.82) is 0 Å². The lowest BCUT2D eigenvalue weighted by Crippen LogP contribution is -2.09. The van der Waals surface area contributed by atoms with Gasteiger partial charge in [-0.15, -0.1) is 19.0 Å². The van der Waals surface area contributed by atoms with Crippen LogP contribution in [0.1, 0.15) is 18.0 Å². The zero-order chi connectivity index (χ0) is 9.84. The van der Waals surface area contributed by atoms with Crippen molar-refractivity contribution in [1.82, 2.24) is 0 Å². The van der Waals surface area contributed by atoms with Crippen LogP contribution in [0.5, 0.6) is 0 Å². The maximum absolute atomic E-state index is 12.7. The van der Waals surface area contributed by atoms with Crippen molar-refractivity contribution in [3.63, 3.8) is 0 Å². The summed E-state index contributed by atoms with van der Waals surface area (Å²) in [4.78, 5) is 0. The molecule has 1 aromatic carbocycles. The van der Waals surface area contributed by atoms with Crippen LogP contribution in [0.2, 0.25) is 0 Å². The third-order valence-corrected chi connectivity index (χ3v) is 1.73. The summed E-state index contributed by atoms with van der Waals surface area (Å²) >= 11 is 0. The molecular formula is C10H12ClF2N. The molecule has 0 amide bonds. The predicted octanol–water partition coefficient (Wildman–Crippen LogP) is 2.96. The molecule has 0 unspecified atom stereocenters. The number of rotatable bonds is 3. The summed E-state index contributed by atoms with van der Waals surface area (Å²) in [6, 6.07) is 2.90. The van der Waals surface area contributed by atoms with Gasteiger partial charge < -0.3 is 5.73 Å². The summed E-state index contributed by atoms with van der Waals surface area (Å²) in [7, 11) is 0. The van der Waals surface area contributed by atoms with Gasteiger partial charge in [-0.05, 0) is 24.1 Å². The van der Waals surface area contributed by atoms with Crippen LogP contribution >= 0.6 is 12.4 Å². The van der Waals surface area contributed by atoms with Gasteiger partial charge in [0.2, 0.25) is 0 Å². The lowest BCUT2D eigenvalue weighted by atomic mass is 10.0. The molecular weight excluding hydrogens is 208 g/mol. The summed E-state index contributed by atoms with van der Waals surface area (Å²) in [6.07, 6.45) is 2.12. The van der Waals surface area contributed by atoms with Crippen LogP contribution in [0.4, 0.5) is 8.78 Å². The van der Waals surface area contributed by atoms with E-state index in [-0.39, 0.29) is 18.4 Å². The van der Waals surface area contributed by atoms with Crippen LogP contribution in [0.25, 0.3) is 0 Å². The van der Waals surface area contributed by atoms with E-state index in [0.717, 1.165) is 6.07 Å². The standard InChI is InChI=1S/C10H11F2N.ClH/c1-2-3-10(13)7-4-8(11)6-9(12)5-7;/h2,4-6,10H,1,3,13H2;1H/t10-;/m0./s1. The molecule has 0 aliphatic heterocycles. The van der Waals surface area contributed by atoms with Crippen molar-refractivity contribution < 1.29 is 8.78 Å². The van der Waals surface area contributed by atoms with Gasteiger partial charge in [0.15, 0.2) is 0 Å². The molecule has 0 bridgehead atoms. The summed E-state index contributed by atoms with van der Waals surface area (Å²) in [5.74, 6) is -1.20. The summed E-state index contributed by atoms with van der Waals surface area (Å²) < 4.78 is 25.4. The van der Waals surface area contributed by atoms with E-state index in [1.54, 1.807) is 6.08 Å². The molecule has 1 aromatic rings. The van der Waals surface area contributed by atoms with Crippen molar-refractivity contribution in [2.24, 2.45) is 5.73 Å². The fourth-order valence-electron chi connectivity index (χ4n) is 1.10. The maximum Gasteiger partial charge on any atom is 0.126 e. The molecule has 0 aliphatic rings. The predicted molar refractivity (Wildman–Crippen MR) is 55.3 cm³/mol. The Morgan fingerprint density at radius 2 is 1.79 bits per heavy atom. The molecule has 0 fully saturated rings. The second kappa shape index (κ2) is 5.73. The first-order valence-corrected chi connectivity index (χ1v) is 3.96. The lowest BCUT2D eigenvalue weighted by Gasteiger charge is -2.09. The van der Waals surface area contributed by atoms with Crippen molar-refractivity contribution in [3.8, 4) is 0 Å². The minimum Gasteiger partial charge on any atom is -0.324 e. The van der Waals surface area contributed by atoms with E-state index < -0.39 is 11.6 Å². The Kier molecular flexibility index (Phi) is 5.35. The second-order valence-corrected chi connectivity index (χ2v) is 2.83. The maximum atomic E-state index is 12.7. The summed E-state index contributed by atoms with van der Waals surface area (Å²) in [5.41, 5.74) is 6.09. The van der Waals surface area contributed by atoms with Crippen LogP contribution in [0, 0.1) is 11.6 Å². The average Bonchev–Trinajstić information content (AvgIpc) is 2.03. The van der Waals surface area contributed by atoms with E-state index >= 15 is 0 Å². The smallest absolute Gasteiger partial charge is 0.126 e. The van der Waals surface area contributed by atoms with Crippen LogP contribution in [0.15, 0.2) is 30.9 Å².